The normalized spacial score (nSPS) is 19.7. The van der Waals surface area contributed by atoms with Crippen LogP contribution in [0.5, 0.6) is 0 Å². The molecule has 0 aromatic heterocycles. The largest absolute Gasteiger partial charge is 0.365 e. The van der Waals surface area contributed by atoms with Crippen molar-refractivity contribution >= 4 is 0 Å². The first-order valence-corrected chi connectivity index (χ1v) is 11.7. The summed E-state index contributed by atoms with van der Waals surface area (Å²) < 4.78 is 6.83. The summed E-state index contributed by atoms with van der Waals surface area (Å²) in [5, 5.41) is 0. The smallest absolute Gasteiger partial charge is 0.108 e. The topological polar surface area (TPSA) is 12.5 Å². The van der Waals surface area contributed by atoms with Crippen molar-refractivity contribution < 1.29 is 4.74 Å². The monoisotopic (exact) mass is 413 g/mol. The van der Waals surface area contributed by atoms with E-state index in [1.54, 1.807) is 0 Å². The lowest BCUT2D eigenvalue weighted by molar-refractivity contribution is -0.0521. The third-order valence-electron chi connectivity index (χ3n) is 6.54. The molecule has 2 nitrogen and oxygen atoms in total. The Kier molecular flexibility index (Phi) is 7.56. The van der Waals surface area contributed by atoms with E-state index in [4.69, 9.17) is 4.74 Å². The van der Waals surface area contributed by atoms with Gasteiger partial charge in [-0.1, -0.05) is 105 Å². The molecule has 0 amide bonds. The lowest BCUT2D eigenvalue weighted by Gasteiger charge is -2.42. The number of ether oxygens (including phenoxy) is 1. The van der Waals surface area contributed by atoms with Crippen LogP contribution in [0.15, 0.2) is 91.0 Å². The predicted molar refractivity (Wildman–Crippen MR) is 129 cm³/mol. The fourth-order valence-electron chi connectivity index (χ4n) is 4.82. The average molecular weight is 414 g/mol. The average Bonchev–Trinajstić information content (AvgIpc) is 2.83. The number of benzene rings is 3. The zero-order chi connectivity index (χ0) is 21.5. The maximum Gasteiger partial charge on any atom is 0.108 e. The molecule has 1 fully saturated rings. The van der Waals surface area contributed by atoms with Crippen LogP contribution in [0, 0.1) is 5.92 Å². The number of hydrogen-bond donors (Lipinski definition) is 0. The molecule has 0 unspecified atom stereocenters. The molecule has 4 rings (SSSR count). The summed E-state index contributed by atoms with van der Waals surface area (Å²) in [5.41, 5.74) is 3.90. The lowest BCUT2D eigenvalue weighted by Crippen LogP contribution is -2.48. The van der Waals surface area contributed by atoms with E-state index in [2.05, 4.69) is 110 Å². The minimum atomic E-state index is -0.00363. The van der Waals surface area contributed by atoms with Crippen LogP contribution >= 0.6 is 0 Å². The van der Waals surface area contributed by atoms with Gasteiger partial charge in [-0.2, -0.15) is 0 Å². The standard InChI is InChI=1S/C29H35NO/c1-23(2)28-22-27(19-21-30(28)20-18-24-12-6-3-7-13-24)31-29(25-14-8-4-9-15-25)26-16-10-5-11-17-26/h3-17,23,27-29H,18-22H2,1-2H3/t27-,28+/m0/s1. The van der Waals surface area contributed by atoms with Gasteiger partial charge in [-0.3, -0.25) is 4.90 Å². The summed E-state index contributed by atoms with van der Waals surface area (Å²) in [4.78, 5) is 2.69. The molecule has 3 aromatic rings. The van der Waals surface area contributed by atoms with Crippen molar-refractivity contribution in [3.05, 3.63) is 108 Å². The van der Waals surface area contributed by atoms with Gasteiger partial charge in [0.15, 0.2) is 0 Å². The van der Waals surface area contributed by atoms with Gasteiger partial charge >= 0.3 is 0 Å². The van der Waals surface area contributed by atoms with Gasteiger partial charge in [-0.15, -0.1) is 0 Å². The van der Waals surface area contributed by atoms with E-state index in [9.17, 15) is 0 Å². The molecular weight excluding hydrogens is 378 g/mol. The van der Waals surface area contributed by atoms with E-state index in [0.717, 1.165) is 32.4 Å². The SMILES string of the molecule is CC(C)[C@H]1C[C@@H](OC(c2ccccc2)c2ccccc2)CCN1CCc1ccccc1. The van der Waals surface area contributed by atoms with Gasteiger partial charge in [-0.25, -0.2) is 0 Å². The third kappa shape index (κ3) is 5.84. The molecule has 0 N–H and O–H groups in total. The zero-order valence-corrected chi connectivity index (χ0v) is 18.9. The first-order valence-electron chi connectivity index (χ1n) is 11.7. The van der Waals surface area contributed by atoms with Crippen molar-refractivity contribution in [1.82, 2.24) is 4.90 Å². The third-order valence-corrected chi connectivity index (χ3v) is 6.54. The summed E-state index contributed by atoms with van der Waals surface area (Å²) in [6.45, 7) is 6.94. The van der Waals surface area contributed by atoms with Crippen LogP contribution in [0.2, 0.25) is 0 Å². The van der Waals surface area contributed by atoms with E-state index in [0.29, 0.717) is 12.0 Å². The van der Waals surface area contributed by atoms with Gasteiger partial charge in [0.1, 0.15) is 6.10 Å². The van der Waals surface area contributed by atoms with Crippen LogP contribution in [0.4, 0.5) is 0 Å². The van der Waals surface area contributed by atoms with E-state index in [-0.39, 0.29) is 12.2 Å². The van der Waals surface area contributed by atoms with Crippen molar-refractivity contribution in [2.75, 3.05) is 13.1 Å². The molecule has 1 aliphatic rings. The molecule has 0 spiro atoms. The van der Waals surface area contributed by atoms with Crippen molar-refractivity contribution in [2.24, 2.45) is 5.92 Å². The van der Waals surface area contributed by atoms with Crippen LogP contribution < -0.4 is 0 Å². The molecule has 162 valence electrons. The Morgan fingerprint density at radius 3 is 1.90 bits per heavy atom. The first-order chi connectivity index (χ1) is 15.2. The van der Waals surface area contributed by atoms with E-state index in [1.165, 1.54) is 16.7 Å². The molecule has 1 saturated heterocycles. The van der Waals surface area contributed by atoms with Crippen LogP contribution in [0.1, 0.15) is 49.5 Å². The highest BCUT2D eigenvalue weighted by molar-refractivity contribution is 5.30. The van der Waals surface area contributed by atoms with Gasteiger partial charge in [0.05, 0.1) is 6.10 Å². The first kappa shape index (κ1) is 21.8. The molecule has 2 heteroatoms. The minimum Gasteiger partial charge on any atom is -0.365 e. The van der Waals surface area contributed by atoms with Crippen LogP contribution in [0.25, 0.3) is 0 Å². The Morgan fingerprint density at radius 2 is 1.35 bits per heavy atom. The fraction of sp³-hybridized carbons (Fsp3) is 0.379. The molecular formula is C29H35NO. The highest BCUT2D eigenvalue weighted by Gasteiger charge is 2.32. The summed E-state index contributed by atoms with van der Waals surface area (Å²) in [6, 6.07) is 32.8. The highest BCUT2D eigenvalue weighted by Crippen LogP contribution is 2.33. The molecule has 0 bridgehead atoms. The molecule has 2 atom stereocenters. The number of piperidine rings is 1. The number of likely N-dealkylation sites (tertiary alicyclic amines) is 1. The van der Waals surface area contributed by atoms with Gasteiger partial charge in [0, 0.05) is 19.1 Å². The maximum atomic E-state index is 6.83. The van der Waals surface area contributed by atoms with Gasteiger partial charge in [0.25, 0.3) is 0 Å². The van der Waals surface area contributed by atoms with Crippen molar-refractivity contribution in [3.63, 3.8) is 0 Å². The second-order valence-electron chi connectivity index (χ2n) is 9.07. The highest BCUT2D eigenvalue weighted by atomic mass is 16.5. The van der Waals surface area contributed by atoms with Crippen molar-refractivity contribution in [1.29, 1.82) is 0 Å². The van der Waals surface area contributed by atoms with Crippen LogP contribution in [-0.2, 0) is 11.2 Å². The number of nitrogens with zero attached hydrogens (tertiary/aromatic N) is 1. The quantitative estimate of drug-likeness (QED) is 0.416. The van der Waals surface area contributed by atoms with Gasteiger partial charge in [-0.05, 0) is 41.9 Å². The van der Waals surface area contributed by atoms with Gasteiger partial charge < -0.3 is 4.74 Å². The van der Waals surface area contributed by atoms with E-state index >= 15 is 0 Å². The molecule has 1 aliphatic heterocycles. The molecule has 3 aromatic carbocycles. The summed E-state index contributed by atoms with van der Waals surface area (Å²) in [6.07, 6.45) is 3.59. The van der Waals surface area contributed by atoms with Crippen LogP contribution in [-0.4, -0.2) is 30.1 Å². The summed E-state index contributed by atoms with van der Waals surface area (Å²) >= 11 is 0. The lowest BCUT2D eigenvalue weighted by atomic mass is 9.90. The second-order valence-corrected chi connectivity index (χ2v) is 9.07. The fourth-order valence-corrected chi connectivity index (χ4v) is 4.82. The summed E-state index contributed by atoms with van der Waals surface area (Å²) in [7, 11) is 0. The Labute approximate surface area is 187 Å². The van der Waals surface area contributed by atoms with Crippen molar-refractivity contribution in [3.8, 4) is 0 Å². The second kappa shape index (κ2) is 10.7. The molecule has 0 saturated carbocycles. The minimum absolute atomic E-state index is 0.00363. The molecule has 31 heavy (non-hydrogen) atoms. The predicted octanol–water partition coefficient (Wildman–Crippen LogP) is 6.52. The molecule has 1 heterocycles. The van der Waals surface area contributed by atoms with E-state index in [1.807, 2.05) is 0 Å². The maximum absolute atomic E-state index is 6.83. The Balaban J connectivity index is 1.44. The van der Waals surface area contributed by atoms with Crippen molar-refractivity contribution in [2.45, 2.75) is 51.4 Å². The van der Waals surface area contributed by atoms with E-state index < -0.39 is 0 Å². The van der Waals surface area contributed by atoms with Gasteiger partial charge in [0.2, 0.25) is 0 Å². The summed E-state index contributed by atoms with van der Waals surface area (Å²) in [5.74, 6) is 0.620. The Hall–Kier alpha value is -2.42. The number of rotatable bonds is 8. The molecule has 0 aliphatic carbocycles. The Morgan fingerprint density at radius 1 is 0.806 bits per heavy atom. The number of hydrogen-bond acceptors (Lipinski definition) is 2. The zero-order valence-electron chi connectivity index (χ0n) is 18.9. The van der Waals surface area contributed by atoms with Crippen LogP contribution in [0.3, 0.4) is 0 Å². The molecule has 0 radical (unpaired) electrons. The Bertz CT molecular complexity index is 854.